The van der Waals surface area contributed by atoms with Crippen molar-refractivity contribution in [3.63, 3.8) is 0 Å². The molecular weight excluding hydrogens is 417 g/mol. The largest absolute Gasteiger partial charge is 0.389 e. The Morgan fingerprint density at radius 2 is 1.85 bits per heavy atom. The molecule has 1 fully saturated rings. The first-order chi connectivity index (χ1) is 15.9. The van der Waals surface area contributed by atoms with Crippen molar-refractivity contribution in [2.45, 2.75) is 51.2 Å². The van der Waals surface area contributed by atoms with Gasteiger partial charge in [0, 0.05) is 29.3 Å². The van der Waals surface area contributed by atoms with E-state index in [2.05, 4.69) is 33.7 Å². The van der Waals surface area contributed by atoms with E-state index in [0.29, 0.717) is 11.1 Å². The molecule has 1 N–H and O–H groups in total. The Morgan fingerprint density at radius 1 is 1.09 bits per heavy atom. The van der Waals surface area contributed by atoms with Crippen LogP contribution in [0, 0.1) is 12.7 Å². The van der Waals surface area contributed by atoms with Crippen molar-refractivity contribution >= 4 is 11.6 Å². The Hall–Kier alpha value is -3.54. The zero-order valence-corrected chi connectivity index (χ0v) is 18.8. The fourth-order valence-corrected chi connectivity index (χ4v) is 4.45. The summed E-state index contributed by atoms with van der Waals surface area (Å²) >= 11 is 0. The first-order valence-corrected chi connectivity index (χ1v) is 11.3. The van der Waals surface area contributed by atoms with Gasteiger partial charge in [-0.2, -0.15) is 0 Å². The molecule has 1 aliphatic heterocycles. The molecule has 5 nitrogen and oxygen atoms in total. The van der Waals surface area contributed by atoms with Crippen LogP contribution in [-0.4, -0.2) is 22.2 Å². The number of halogens is 1. The predicted octanol–water partition coefficient (Wildman–Crippen LogP) is 5.73. The van der Waals surface area contributed by atoms with Crippen LogP contribution >= 0.6 is 0 Å². The number of amides is 1. The molecule has 168 valence electrons. The number of benzene rings is 2. The van der Waals surface area contributed by atoms with Crippen LogP contribution in [0.25, 0.3) is 11.1 Å². The van der Waals surface area contributed by atoms with Crippen molar-refractivity contribution in [2.24, 2.45) is 5.16 Å². The number of aryl methyl sites for hydroxylation is 1. The number of nitrogens with zero attached hydrogens (tertiary/aromatic N) is 2. The molecule has 2 aliphatic rings. The standard InChI is InChI=1S/C27H26FN3O2/c1-17-4-6-19(7-5-17)20-12-21(25-15-27(33-31-25)9-3-10-27)14-22(13-20)26(32)30-18(2)23-8-11-29-16-24(23)28/h4-8,11-14,16,18H,3,9-10,15H2,1-2H3,(H,30,32)/t18-/m1/s1. The smallest absolute Gasteiger partial charge is 0.251 e. The van der Waals surface area contributed by atoms with Gasteiger partial charge in [0.05, 0.1) is 18.0 Å². The van der Waals surface area contributed by atoms with Gasteiger partial charge < -0.3 is 10.2 Å². The summed E-state index contributed by atoms with van der Waals surface area (Å²) in [6.45, 7) is 3.80. The second kappa shape index (κ2) is 8.43. The molecule has 3 aromatic rings. The zero-order valence-electron chi connectivity index (χ0n) is 18.8. The minimum Gasteiger partial charge on any atom is -0.389 e. The van der Waals surface area contributed by atoms with E-state index >= 15 is 0 Å². The molecule has 2 aromatic carbocycles. The highest BCUT2D eigenvalue weighted by Gasteiger charge is 2.45. The fraction of sp³-hybridized carbons (Fsp3) is 0.296. The average Bonchev–Trinajstić information content (AvgIpc) is 3.26. The first-order valence-electron chi connectivity index (χ1n) is 11.3. The molecule has 2 heterocycles. The zero-order chi connectivity index (χ0) is 23.0. The number of hydrogen-bond donors (Lipinski definition) is 1. The van der Waals surface area contributed by atoms with E-state index < -0.39 is 11.9 Å². The number of carbonyl (C=O) groups is 1. The van der Waals surface area contributed by atoms with Gasteiger partial charge in [0.15, 0.2) is 0 Å². The highest BCUT2D eigenvalue weighted by Crippen LogP contribution is 2.43. The molecular formula is C27H26FN3O2. The van der Waals surface area contributed by atoms with E-state index in [9.17, 15) is 9.18 Å². The summed E-state index contributed by atoms with van der Waals surface area (Å²) in [7, 11) is 0. The Morgan fingerprint density at radius 3 is 2.52 bits per heavy atom. The van der Waals surface area contributed by atoms with Gasteiger partial charge >= 0.3 is 0 Å². The van der Waals surface area contributed by atoms with E-state index in [1.54, 1.807) is 13.0 Å². The van der Waals surface area contributed by atoms with E-state index in [1.165, 1.54) is 11.8 Å². The third-order valence-corrected chi connectivity index (χ3v) is 6.64. The molecule has 0 radical (unpaired) electrons. The lowest BCUT2D eigenvalue weighted by molar-refractivity contribution is -0.0755. The van der Waals surface area contributed by atoms with Crippen molar-refractivity contribution < 1.29 is 14.0 Å². The average molecular weight is 444 g/mol. The van der Waals surface area contributed by atoms with Crippen LogP contribution in [0.3, 0.4) is 0 Å². The molecule has 1 aliphatic carbocycles. The Labute approximate surface area is 192 Å². The molecule has 5 rings (SSSR count). The molecule has 1 aromatic heterocycles. The summed E-state index contributed by atoms with van der Waals surface area (Å²) in [6.07, 6.45) is 6.61. The SMILES string of the molecule is Cc1ccc(-c2cc(C(=O)N[C@H](C)c3ccncc3F)cc(C3=NOC4(CCC4)C3)c2)cc1. The molecule has 33 heavy (non-hydrogen) atoms. The number of oxime groups is 1. The van der Waals surface area contributed by atoms with Crippen LogP contribution in [0.15, 0.2) is 66.1 Å². The lowest BCUT2D eigenvalue weighted by atomic mass is 9.76. The maximum atomic E-state index is 14.1. The second-order valence-corrected chi connectivity index (χ2v) is 9.10. The van der Waals surface area contributed by atoms with Gasteiger partial charge in [-0.25, -0.2) is 4.39 Å². The number of carbonyl (C=O) groups excluding carboxylic acids is 1. The monoisotopic (exact) mass is 443 g/mol. The summed E-state index contributed by atoms with van der Waals surface area (Å²) < 4.78 is 14.1. The van der Waals surface area contributed by atoms with Crippen molar-refractivity contribution in [1.29, 1.82) is 0 Å². The molecule has 1 atom stereocenters. The lowest BCUT2D eigenvalue weighted by Gasteiger charge is -2.34. The number of hydrogen-bond acceptors (Lipinski definition) is 4. The van der Waals surface area contributed by atoms with E-state index in [0.717, 1.165) is 54.3 Å². The Balaban J connectivity index is 1.48. The van der Waals surface area contributed by atoms with Crippen molar-refractivity contribution in [1.82, 2.24) is 10.3 Å². The highest BCUT2D eigenvalue weighted by molar-refractivity contribution is 6.05. The summed E-state index contributed by atoms with van der Waals surface area (Å²) in [5.74, 6) is -0.713. The summed E-state index contributed by atoms with van der Waals surface area (Å²) in [5.41, 5.74) is 5.60. The van der Waals surface area contributed by atoms with Gasteiger partial charge in [-0.05, 0) is 68.5 Å². The van der Waals surface area contributed by atoms with Gasteiger partial charge in [-0.15, -0.1) is 0 Å². The van der Waals surface area contributed by atoms with Gasteiger partial charge in [-0.3, -0.25) is 9.78 Å². The van der Waals surface area contributed by atoms with Gasteiger partial charge in [0.1, 0.15) is 11.4 Å². The molecule has 1 spiro atoms. The van der Waals surface area contributed by atoms with Gasteiger partial charge in [-0.1, -0.05) is 35.0 Å². The number of pyridine rings is 1. The molecule has 6 heteroatoms. The fourth-order valence-electron chi connectivity index (χ4n) is 4.45. The summed E-state index contributed by atoms with van der Waals surface area (Å²) in [5, 5.41) is 7.30. The molecule has 1 saturated carbocycles. The molecule has 0 unspecified atom stereocenters. The normalized spacial score (nSPS) is 17.1. The number of rotatable bonds is 5. The predicted molar refractivity (Wildman–Crippen MR) is 126 cm³/mol. The van der Waals surface area contributed by atoms with Gasteiger partial charge in [0.2, 0.25) is 0 Å². The van der Waals surface area contributed by atoms with Crippen LogP contribution in [0.2, 0.25) is 0 Å². The highest BCUT2D eigenvalue weighted by atomic mass is 19.1. The summed E-state index contributed by atoms with van der Waals surface area (Å²) in [4.78, 5) is 22.8. The minimum absolute atomic E-state index is 0.162. The maximum absolute atomic E-state index is 14.1. The summed E-state index contributed by atoms with van der Waals surface area (Å²) in [6, 6.07) is 15.1. The topological polar surface area (TPSA) is 63.6 Å². The molecule has 1 amide bonds. The van der Waals surface area contributed by atoms with E-state index in [4.69, 9.17) is 4.84 Å². The first kappa shape index (κ1) is 21.3. The van der Waals surface area contributed by atoms with Crippen LogP contribution < -0.4 is 5.32 Å². The molecule has 0 bridgehead atoms. The van der Waals surface area contributed by atoms with Gasteiger partial charge in [0.25, 0.3) is 5.91 Å². The van der Waals surface area contributed by atoms with E-state index in [1.807, 2.05) is 31.2 Å². The maximum Gasteiger partial charge on any atom is 0.251 e. The third kappa shape index (κ3) is 4.25. The third-order valence-electron chi connectivity index (χ3n) is 6.64. The lowest BCUT2D eigenvalue weighted by Crippen LogP contribution is -2.36. The minimum atomic E-state index is -0.502. The van der Waals surface area contributed by atoms with Crippen molar-refractivity contribution in [3.8, 4) is 11.1 Å². The van der Waals surface area contributed by atoms with Crippen LogP contribution in [0.1, 0.15) is 65.7 Å². The number of aromatic nitrogens is 1. The van der Waals surface area contributed by atoms with Crippen molar-refractivity contribution in [3.05, 3.63) is 89.0 Å². The second-order valence-electron chi connectivity index (χ2n) is 9.10. The van der Waals surface area contributed by atoms with Crippen LogP contribution in [0.4, 0.5) is 4.39 Å². The Bertz CT molecular complexity index is 1230. The molecule has 0 saturated heterocycles. The van der Waals surface area contributed by atoms with Crippen LogP contribution in [0.5, 0.6) is 0 Å². The van der Waals surface area contributed by atoms with Crippen molar-refractivity contribution in [2.75, 3.05) is 0 Å². The quantitative estimate of drug-likeness (QED) is 0.547. The Kier molecular flexibility index (Phi) is 5.44. The van der Waals surface area contributed by atoms with E-state index in [-0.39, 0.29) is 11.5 Å². The number of nitrogens with one attached hydrogen (secondary N) is 1. The van der Waals surface area contributed by atoms with Crippen LogP contribution in [-0.2, 0) is 4.84 Å².